The van der Waals surface area contributed by atoms with Gasteiger partial charge in [0.2, 0.25) is 5.91 Å². The van der Waals surface area contributed by atoms with Crippen LogP contribution in [0.2, 0.25) is 0 Å². The molecule has 0 rings (SSSR count). The van der Waals surface area contributed by atoms with Crippen LogP contribution in [0.3, 0.4) is 0 Å². The Morgan fingerprint density at radius 2 is 1.83 bits per heavy atom. The molecule has 0 saturated heterocycles. The molecule has 0 radical (unpaired) electrons. The van der Waals surface area contributed by atoms with Gasteiger partial charge in [0.1, 0.15) is 0 Å². The van der Waals surface area contributed by atoms with E-state index in [-0.39, 0.29) is 5.91 Å². The number of rotatable bonds is 10. The van der Waals surface area contributed by atoms with Crippen LogP contribution < -0.4 is 11.3 Å². The molecule has 108 valence electrons. The van der Waals surface area contributed by atoms with Crippen LogP contribution in [0.4, 0.5) is 0 Å². The number of nitrogens with one attached hydrogen (secondary N) is 1. The quantitative estimate of drug-likeness (QED) is 0.262. The van der Waals surface area contributed by atoms with E-state index < -0.39 is 0 Å². The third-order valence-corrected chi connectivity index (χ3v) is 2.78. The van der Waals surface area contributed by atoms with E-state index in [0.717, 1.165) is 39.0 Å². The smallest absolute Gasteiger partial charge is 0.233 e. The molecule has 0 aromatic carbocycles. The maximum absolute atomic E-state index is 11.0. The molecule has 0 aromatic heterocycles. The standard InChI is InChI=1S/C13H30N4O/c1-12(2)11-17(10-9-16(3)4)8-6-5-7-13(18)15-14/h12H,5-11,14H2,1-4H3,(H,15,18). The van der Waals surface area contributed by atoms with Crippen LogP contribution in [0.15, 0.2) is 0 Å². The molecule has 0 saturated carbocycles. The third kappa shape index (κ3) is 10.5. The number of nitrogens with zero attached hydrogens (tertiary/aromatic N) is 2. The molecule has 0 aliphatic heterocycles. The summed E-state index contributed by atoms with van der Waals surface area (Å²) in [5.74, 6) is 5.65. The van der Waals surface area contributed by atoms with Crippen molar-refractivity contribution in [1.82, 2.24) is 15.2 Å². The fourth-order valence-electron chi connectivity index (χ4n) is 1.85. The zero-order valence-electron chi connectivity index (χ0n) is 12.4. The normalized spacial score (nSPS) is 11.6. The Kier molecular flexibility index (Phi) is 9.92. The molecule has 0 fully saturated rings. The first-order valence-electron chi connectivity index (χ1n) is 6.82. The van der Waals surface area contributed by atoms with Gasteiger partial charge in [0, 0.05) is 26.1 Å². The van der Waals surface area contributed by atoms with Gasteiger partial charge >= 0.3 is 0 Å². The molecule has 3 N–H and O–H groups in total. The van der Waals surface area contributed by atoms with Gasteiger partial charge in [-0.1, -0.05) is 13.8 Å². The number of unbranched alkanes of at least 4 members (excludes halogenated alkanes) is 1. The van der Waals surface area contributed by atoms with Crippen LogP contribution in [0.5, 0.6) is 0 Å². The fourth-order valence-corrected chi connectivity index (χ4v) is 1.85. The molecule has 0 heterocycles. The fraction of sp³-hybridized carbons (Fsp3) is 0.923. The minimum absolute atomic E-state index is 0.0706. The number of nitrogens with two attached hydrogens (primary N) is 1. The van der Waals surface area contributed by atoms with E-state index in [1.807, 2.05) is 0 Å². The number of hydrazine groups is 1. The van der Waals surface area contributed by atoms with Crippen molar-refractivity contribution < 1.29 is 4.79 Å². The molecular weight excluding hydrogens is 228 g/mol. The first kappa shape index (κ1) is 17.4. The van der Waals surface area contributed by atoms with Gasteiger partial charge < -0.3 is 9.80 Å². The van der Waals surface area contributed by atoms with Crippen LogP contribution in [0.25, 0.3) is 0 Å². The Balaban J connectivity index is 3.82. The van der Waals surface area contributed by atoms with E-state index in [0.29, 0.717) is 12.3 Å². The zero-order valence-corrected chi connectivity index (χ0v) is 12.4. The molecule has 0 bridgehead atoms. The van der Waals surface area contributed by atoms with Crippen molar-refractivity contribution in [2.75, 3.05) is 40.3 Å². The van der Waals surface area contributed by atoms with Crippen LogP contribution in [0.1, 0.15) is 33.1 Å². The number of carbonyl (C=O) groups excluding carboxylic acids is 1. The van der Waals surface area contributed by atoms with Crippen molar-refractivity contribution >= 4 is 5.91 Å². The topological polar surface area (TPSA) is 61.6 Å². The highest BCUT2D eigenvalue weighted by Gasteiger charge is 2.08. The largest absolute Gasteiger partial charge is 0.308 e. The summed E-state index contributed by atoms with van der Waals surface area (Å²) in [7, 11) is 4.19. The molecule has 0 aliphatic carbocycles. The van der Waals surface area contributed by atoms with Crippen LogP contribution >= 0.6 is 0 Å². The lowest BCUT2D eigenvalue weighted by molar-refractivity contribution is -0.121. The average Bonchev–Trinajstić information content (AvgIpc) is 2.30. The monoisotopic (exact) mass is 258 g/mol. The number of hydrogen-bond donors (Lipinski definition) is 2. The number of carbonyl (C=O) groups is 1. The highest BCUT2D eigenvalue weighted by Crippen LogP contribution is 2.03. The Morgan fingerprint density at radius 3 is 2.33 bits per heavy atom. The molecule has 0 atom stereocenters. The Morgan fingerprint density at radius 1 is 1.17 bits per heavy atom. The molecule has 18 heavy (non-hydrogen) atoms. The minimum atomic E-state index is -0.0706. The van der Waals surface area contributed by atoms with Gasteiger partial charge in [-0.25, -0.2) is 5.84 Å². The van der Waals surface area contributed by atoms with Gasteiger partial charge in [-0.15, -0.1) is 0 Å². The van der Waals surface area contributed by atoms with Crippen molar-refractivity contribution in [2.45, 2.75) is 33.1 Å². The SMILES string of the molecule is CC(C)CN(CCCCC(=O)NN)CCN(C)C. The number of likely N-dealkylation sites (N-methyl/N-ethyl adjacent to an activating group) is 1. The Hall–Kier alpha value is -0.650. The zero-order chi connectivity index (χ0) is 14.0. The number of hydrogen-bond acceptors (Lipinski definition) is 4. The third-order valence-electron chi connectivity index (χ3n) is 2.78. The van der Waals surface area contributed by atoms with E-state index in [1.165, 1.54) is 0 Å². The van der Waals surface area contributed by atoms with Gasteiger partial charge in [-0.05, 0) is 39.4 Å². The number of amides is 1. The summed E-state index contributed by atoms with van der Waals surface area (Å²) in [4.78, 5) is 15.7. The molecule has 1 amide bonds. The first-order valence-corrected chi connectivity index (χ1v) is 6.82. The van der Waals surface area contributed by atoms with Crippen molar-refractivity contribution in [3.63, 3.8) is 0 Å². The predicted octanol–water partition coefficient (Wildman–Crippen LogP) is 0.666. The highest BCUT2D eigenvalue weighted by molar-refractivity contribution is 5.75. The summed E-state index contributed by atoms with van der Waals surface area (Å²) >= 11 is 0. The van der Waals surface area contributed by atoms with Gasteiger partial charge in [-0.2, -0.15) is 0 Å². The first-order chi connectivity index (χ1) is 8.45. The summed E-state index contributed by atoms with van der Waals surface area (Å²) in [6.45, 7) is 8.83. The van der Waals surface area contributed by atoms with Gasteiger partial charge in [0.25, 0.3) is 0 Å². The maximum Gasteiger partial charge on any atom is 0.233 e. The molecule has 5 heteroatoms. The summed E-state index contributed by atoms with van der Waals surface area (Å²) < 4.78 is 0. The van der Waals surface area contributed by atoms with Gasteiger partial charge in [0.15, 0.2) is 0 Å². The highest BCUT2D eigenvalue weighted by atomic mass is 16.2. The summed E-state index contributed by atoms with van der Waals surface area (Å²) in [5.41, 5.74) is 2.17. The van der Waals surface area contributed by atoms with E-state index in [9.17, 15) is 4.79 Å². The lowest BCUT2D eigenvalue weighted by atomic mass is 10.1. The van der Waals surface area contributed by atoms with E-state index >= 15 is 0 Å². The predicted molar refractivity (Wildman–Crippen MR) is 76.0 cm³/mol. The molecule has 0 aliphatic rings. The summed E-state index contributed by atoms with van der Waals surface area (Å²) in [6, 6.07) is 0. The summed E-state index contributed by atoms with van der Waals surface area (Å²) in [6.07, 6.45) is 2.48. The minimum Gasteiger partial charge on any atom is -0.308 e. The van der Waals surface area contributed by atoms with Crippen LogP contribution in [-0.4, -0.2) is 56.0 Å². The van der Waals surface area contributed by atoms with Crippen molar-refractivity contribution in [1.29, 1.82) is 0 Å². The maximum atomic E-state index is 11.0. The second-order valence-corrected chi connectivity index (χ2v) is 5.52. The molecule has 5 nitrogen and oxygen atoms in total. The lowest BCUT2D eigenvalue weighted by Gasteiger charge is -2.25. The Labute approximate surface area is 112 Å². The lowest BCUT2D eigenvalue weighted by Crippen LogP contribution is -2.35. The Bertz CT molecular complexity index is 219. The molecule has 0 unspecified atom stereocenters. The average molecular weight is 258 g/mol. The van der Waals surface area contributed by atoms with Crippen molar-refractivity contribution in [2.24, 2.45) is 11.8 Å². The second kappa shape index (κ2) is 10.3. The second-order valence-electron chi connectivity index (χ2n) is 5.52. The van der Waals surface area contributed by atoms with Crippen LogP contribution in [0, 0.1) is 5.92 Å². The van der Waals surface area contributed by atoms with Crippen LogP contribution in [-0.2, 0) is 4.79 Å². The van der Waals surface area contributed by atoms with Crippen molar-refractivity contribution in [3.8, 4) is 0 Å². The van der Waals surface area contributed by atoms with E-state index in [2.05, 4.69) is 43.2 Å². The van der Waals surface area contributed by atoms with E-state index in [4.69, 9.17) is 5.84 Å². The molecular formula is C13H30N4O. The molecule has 0 aromatic rings. The van der Waals surface area contributed by atoms with E-state index in [1.54, 1.807) is 0 Å². The van der Waals surface area contributed by atoms with Gasteiger partial charge in [-0.3, -0.25) is 10.2 Å². The summed E-state index contributed by atoms with van der Waals surface area (Å²) in [5, 5.41) is 0. The van der Waals surface area contributed by atoms with Gasteiger partial charge in [0.05, 0.1) is 0 Å². The van der Waals surface area contributed by atoms with Crippen molar-refractivity contribution in [3.05, 3.63) is 0 Å². The molecule has 0 spiro atoms.